The van der Waals surface area contributed by atoms with Crippen LogP contribution in [0.3, 0.4) is 0 Å². The summed E-state index contributed by atoms with van der Waals surface area (Å²) in [5, 5.41) is 3.00. The van der Waals surface area contributed by atoms with Crippen molar-refractivity contribution in [3.63, 3.8) is 0 Å². The molecule has 6 heteroatoms. The smallest absolute Gasteiger partial charge is 0.243 e. The number of imidazole rings is 1. The Hall–Kier alpha value is -2.76. The molecule has 0 saturated heterocycles. The highest BCUT2D eigenvalue weighted by Gasteiger charge is 2.27. The van der Waals surface area contributed by atoms with Gasteiger partial charge >= 0.3 is 0 Å². The van der Waals surface area contributed by atoms with E-state index in [1.54, 1.807) is 4.57 Å². The lowest BCUT2D eigenvalue weighted by Gasteiger charge is -2.25. The molecule has 3 rings (SSSR count). The lowest BCUT2D eigenvalue weighted by atomic mass is 10.0. The third-order valence-corrected chi connectivity index (χ3v) is 4.47. The lowest BCUT2D eigenvalue weighted by Crippen LogP contribution is -2.36. The molecule has 0 aliphatic carbocycles. The zero-order valence-electron chi connectivity index (χ0n) is 14.9. The number of rotatable bonds is 5. The van der Waals surface area contributed by atoms with Crippen LogP contribution in [-0.4, -0.2) is 15.5 Å². The van der Waals surface area contributed by atoms with Crippen molar-refractivity contribution in [3.8, 4) is 0 Å². The molecule has 4 nitrogen and oxygen atoms in total. The number of amides is 1. The van der Waals surface area contributed by atoms with Crippen LogP contribution < -0.4 is 5.32 Å². The van der Waals surface area contributed by atoms with E-state index in [4.69, 9.17) is 0 Å². The monoisotopic (exact) mass is 357 g/mol. The summed E-state index contributed by atoms with van der Waals surface area (Å²) in [6.07, 6.45) is 1.46. The van der Waals surface area contributed by atoms with E-state index in [9.17, 15) is 13.6 Å². The summed E-state index contributed by atoms with van der Waals surface area (Å²) in [6.45, 7) is 5.72. The fourth-order valence-electron chi connectivity index (χ4n) is 3.12. The Morgan fingerprint density at radius 1 is 1.08 bits per heavy atom. The van der Waals surface area contributed by atoms with Gasteiger partial charge in [-0.05, 0) is 18.4 Å². The molecule has 0 aliphatic heterocycles. The van der Waals surface area contributed by atoms with Gasteiger partial charge in [-0.15, -0.1) is 0 Å². The molecule has 1 amide bonds. The van der Waals surface area contributed by atoms with Gasteiger partial charge in [0.15, 0.2) is 11.6 Å². The molecule has 2 atom stereocenters. The third-order valence-electron chi connectivity index (χ3n) is 4.47. The quantitative estimate of drug-likeness (QED) is 0.736. The van der Waals surface area contributed by atoms with Gasteiger partial charge in [0.25, 0.3) is 0 Å². The first kappa shape index (κ1) is 18.0. The minimum Gasteiger partial charge on any atom is -0.348 e. The zero-order valence-corrected chi connectivity index (χ0v) is 14.9. The second kappa shape index (κ2) is 7.23. The van der Waals surface area contributed by atoms with Crippen molar-refractivity contribution in [3.05, 3.63) is 66.0 Å². The van der Waals surface area contributed by atoms with Gasteiger partial charge in [-0.2, -0.15) is 0 Å². The van der Waals surface area contributed by atoms with Crippen molar-refractivity contribution in [1.29, 1.82) is 0 Å². The maximum absolute atomic E-state index is 13.7. The summed E-state index contributed by atoms with van der Waals surface area (Å²) >= 11 is 0. The molecule has 0 aliphatic rings. The number of nitrogens with one attached hydrogen (secondary N) is 1. The van der Waals surface area contributed by atoms with E-state index in [2.05, 4.69) is 10.3 Å². The summed E-state index contributed by atoms with van der Waals surface area (Å²) in [7, 11) is 0. The Morgan fingerprint density at radius 2 is 1.73 bits per heavy atom. The molecule has 0 radical (unpaired) electrons. The van der Waals surface area contributed by atoms with E-state index in [1.807, 2.05) is 51.1 Å². The Labute approximate surface area is 150 Å². The van der Waals surface area contributed by atoms with Crippen molar-refractivity contribution in [2.24, 2.45) is 5.92 Å². The maximum Gasteiger partial charge on any atom is 0.243 e. The highest BCUT2D eigenvalue weighted by Crippen LogP contribution is 2.26. The van der Waals surface area contributed by atoms with Crippen LogP contribution in [0, 0.1) is 17.6 Å². The molecule has 0 bridgehead atoms. The summed E-state index contributed by atoms with van der Waals surface area (Å²) in [5.41, 5.74) is 1.70. The van der Waals surface area contributed by atoms with Crippen molar-refractivity contribution in [2.45, 2.75) is 32.9 Å². The van der Waals surface area contributed by atoms with Crippen LogP contribution in [0.4, 0.5) is 8.78 Å². The van der Waals surface area contributed by atoms with Crippen molar-refractivity contribution in [1.82, 2.24) is 14.9 Å². The third kappa shape index (κ3) is 3.45. The Kier molecular flexibility index (Phi) is 5.02. The SMILES string of the molecule is CC(C)[C@@H](C(=O)N[C@H](C)c1ccccc1)n1cnc2cc(F)c(F)cc21. The Morgan fingerprint density at radius 3 is 2.38 bits per heavy atom. The van der Waals surface area contributed by atoms with E-state index in [0.29, 0.717) is 11.0 Å². The van der Waals surface area contributed by atoms with Gasteiger partial charge in [0.05, 0.1) is 23.4 Å². The molecule has 0 unspecified atom stereocenters. The first-order chi connectivity index (χ1) is 12.4. The van der Waals surface area contributed by atoms with Gasteiger partial charge in [0.1, 0.15) is 6.04 Å². The van der Waals surface area contributed by atoms with Gasteiger partial charge in [0, 0.05) is 12.1 Å². The predicted molar refractivity (Wildman–Crippen MR) is 96.5 cm³/mol. The van der Waals surface area contributed by atoms with Crippen LogP contribution in [0.1, 0.15) is 38.4 Å². The van der Waals surface area contributed by atoms with Crippen molar-refractivity contribution >= 4 is 16.9 Å². The number of carbonyl (C=O) groups is 1. The maximum atomic E-state index is 13.7. The lowest BCUT2D eigenvalue weighted by molar-refractivity contribution is -0.126. The number of benzene rings is 2. The number of fused-ring (bicyclic) bond motifs is 1. The fraction of sp³-hybridized carbons (Fsp3) is 0.300. The molecular weight excluding hydrogens is 336 g/mol. The second-order valence-electron chi connectivity index (χ2n) is 6.74. The molecule has 0 saturated carbocycles. The fourth-order valence-corrected chi connectivity index (χ4v) is 3.12. The molecule has 1 heterocycles. The normalized spacial score (nSPS) is 13.8. The van der Waals surface area contributed by atoms with E-state index in [0.717, 1.165) is 17.7 Å². The summed E-state index contributed by atoms with van der Waals surface area (Å²) in [6, 6.07) is 11.0. The number of halogens is 2. The summed E-state index contributed by atoms with van der Waals surface area (Å²) in [5.74, 6) is -2.17. The number of carbonyl (C=O) groups excluding carboxylic acids is 1. The van der Waals surface area contributed by atoms with Crippen LogP contribution in [0.15, 0.2) is 48.8 Å². The molecule has 0 spiro atoms. The van der Waals surface area contributed by atoms with E-state index in [-0.39, 0.29) is 17.9 Å². The first-order valence-electron chi connectivity index (χ1n) is 8.55. The van der Waals surface area contributed by atoms with Crippen LogP contribution >= 0.6 is 0 Å². The number of hydrogen-bond donors (Lipinski definition) is 1. The predicted octanol–water partition coefficient (Wildman–Crippen LogP) is 4.39. The first-order valence-corrected chi connectivity index (χ1v) is 8.55. The summed E-state index contributed by atoms with van der Waals surface area (Å²) in [4.78, 5) is 17.1. The Balaban J connectivity index is 1.92. The minimum atomic E-state index is -0.959. The molecular formula is C20H21F2N3O. The largest absolute Gasteiger partial charge is 0.348 e. The zero-order chi connectivity index (χ0) is 18.8. The van der Waals surface area contributed by atoms with Crippen molar-refractivity contribution in [2.75, 3.05) is 0 Å². The minimum absolute atomic E-state index is 0.0662. The molecule has 1 aromatic heterocycles. The van der Waals surface area contributed by atoms with Gasteiger partial charge in [-0.25, -0.2) is 13.8 Å². The Bertz CT molecular complexity index is 921. The van der Waals surface area contributed by atoms with E-state index >= 15 is 0 Å². The highest BCUT2D eigenvalue weighted by molar-refractivity contribution is 5.84. The molecule has 26 heavy (non-hydrogen) atoms. The van der Waals surface area contributed by atoms with Crippen LogP contribution in [0.25, 0.3) is 11.0 Å². The highest BCUT2D eigenvalue weighted by atomic mass is 19.2. The number of aromatic nitrogens is 2. The van der Waals surface area contributed by atoms with Gasteiger partial charge in [-0.1, -0.05) is 44.2 Å². The van der Waals surface area contributed by atoms with Gasteiger partial charge in [0.2, 0.25) is 5.91 Å². The average Bonchev–Trinajstić information content (AvgIpc) is 2.98. The topological polar surface area (TPSA) is 46.9 Å². The number of nitrogens with zero attached hydrogens (tertiary/aromatic N) is 2. The average molecular weight is 357 g/mol. The van der Waals surface area contributed by atoms with E-state index < -0.39 is 17.7 Å². The van der Waals surface area contributed by atoms with E-state index in [1.165, 1.54) is 6.33 Å². The molecule has 3 aromatic rings. The molecule has 1 N–H and O–H groups in total. The summed E-state index contributed by atoms with van der Waals surface area (Å²) < 4.78 is 28.7. The molecule has 136 valence electrons. The standard InChI is InChI=1S/C20H21F2N3O/c1-12(2)19(20(26)24-13(3)14-7-5-4-6-8-14)25-11-23-17-9-15(21)16(22)10-18(17)25/h4-13,19H,1-3H3,(H,24,26)/t13-,19+/m1/s1. The molecule has 0 fully saturated rings. The van der Waals surface area contributed by atoms with Gasteiger partial charge < -0.3 is 9.88 Å². The van der Waals surface area contributed by atoms with Gasteiger partial charge in [-0.3, -0.25) is 4.79 Å². The van der Waals surface area contributed by atoms with Crippen LogP contribution in [0.2, 0.25) is 0 Å². The molecule has 2 aromatic carbocycles. The van der Waals surface area contributed by atoms with Crippen LogP contribution in [0.5, 0.6) is 0 Å². The number of hydrogen-bond acceptors (Lipinski definition) is 2. The second-order valence-corrected chi connectivity index (χ2v) is 6.74. The van der Waals surface area contributed by atoms with Crippen molar-refractivity contribution < 1.29 is 13.6 Å². The van der Waals surface area contributed by atoms with Crippen LogP contribution in [-0.2, 0) is 4.79 Å².